The molecule has 7 nitrogen and oxygen atoms in total. The van der Waals surface area contributed by atoms with Crippen LogP contribution in [-0.4, -0.2) is 71.7 Å². The third-order valence-corrected chi connectivity index (χ3v) is 5.55. The van der Waals surface area contributed by atoms with E-state index in [4.69, 9.17) is 4.74 Å². The summed E-state index contributed by atoms with van der Waals surface area (Å²) >= 11 is 1.50. The summed E-state index contributed by atoms with van der Waals surface area (Å²) in [6.45, 7) is 16.0. The predicted octanol–water partition coefficient (Wildman–Crippen LogP) is 2.93. The Morgan fingerprint density at radius 3 is 2.43 bits per heavy atom. The van der Waals surface area contributed by atoms with E-state index in [2.05, 4.69) is 29.0 Å². The van der Waals surface area contributed by atoms with Crippen molar-refractivity contribution >= 4 is 23.3 Å². The first-order chi connectivity index (χ1) is 13.0. The molecule has 1 aromatic rings. The Kier molecular flexibility index (Phi) is 7.83. The van der Waals surface area contributed by atoms with E-state index in [9.17, 15) is 9.59 Å². The lowest BCUT2D eigenvalue weighted by molar-refractivity contribution is 0.0147. The molecular weight excluding hydrogens is 376 g/mol. The molecule has 0 aliphatic carbocycles. The number of rotatable bonds is 6. The minimum absolute atomic E-state index is 0.0441. The molecule has 0 radical (unpaired) electrons. The van der Waals surface area contributed by atoms with Gasteiger partial charge in [-0.05, 0) is 33.6 Å². The van der Waals surface area contributed by atoms with Gasteiger partial charge in [0.2, 0.25) is 0 Å². The van der Waals surface area contributed by atoms with Crippen LogP contribution in [-0.2, 0) is 11.2 Å². The molecule has 2 heterocycles. The number of nitrogens with zero attached hydrogens (tertiary/aromatic N) is 3. The van der Waals surface area contributed by atoms with E-state index >= 15 is 0 Å². The third-order valence-electron chi connectivity index (χ3n) is 4.37. The molecule has 0 saturated carbocycles. The molecule has 158 valence electrons. The van der Waals surface area contributed by atoms with E-state index in [-0.39, 0.29) is 12.0 Å². The highest BCUT2D eigenvalue weighted by Gasteiger charge is 2.25. The summed E-state index contributed by atoms with van der Waals surface area (Å²) in [4.78, 5) is 33.8. The maximum Gasteiger partial charge on any atom is 0.410 e. The van der Waals surface area contributed by atoms with Crippen molar-refractivity contribution in [1.82, 2.24) is 20.1 Å². The van der Waals surface area contributed by atoms with Crippen molar-refractivity contribution in [3.8, 4) is 0 Å². The van der Waals surface area contributed by atoms with Crippen molar-refractivity contribution in [3.05, 3.63) is 15.6 Å². The third kappa shape index (κ3) is 7.05. The van der Waals surface area contributed by atoms with Gasteiger partial charge in [-0.2, -0.15) is 0 Å². The van der Waals surface area contributed by atoms with E-state index in [1.165, 1.54) is 11.3 Å². The van der Waals surface area contributed by atoms with E-state index in [0.717, 1.165) is 36.8 Å². The minimum atomic E-state index is -0.470. The Bertz CT molecular complexity index is 673. The number of aryl methyl sites for hydroxylation is 1. The summed E-state index contributed by atoms with van der Waals surface area (Å²) in [7, 11) is 0. The highest BCUT2D eigenvalue weighted by atomic mass is 32.1. The van der Waals surface area contributed by atoms with Gasteiger partial charge in [-0.15, -0.1) is 11.3 Å². The Labute approximate surface area is 172 Å². The largest absolute Gasteiger partial charge is 0.444 e. The zero-order valence-corrected chi connectivity index (χ0v) is 18.8. The quantitative estimate of drug-likeness (QED) is 0.780. The van der Waals surface area contributed by atoms with Crippen LogP contribution in [0.15, 0.2) is 0 Å². The molecule has 0 bridgehead atoms. The monoisotopic (exact) mass is 410 g/mol. The fourth-order valence-electron chi connectivity index (χ4n) is 2.99. The molecule has 1 aromatic heterocycles. The van der Waals surface area contributed by atoms with Gasteiger partial charge in [-0.1, -0.05) is 13.8 Å². The van der Waals surface area contributed by atoms with Crippen LogP contribution >= 0.6 is 11.3 Å². The summed E-state index contributed by atoms with van der Waals surface area (Å²) in [5.41, 5.74) is 0.339. The SMILES string of the molecule is Cc1nc(CC(C)C)sc1C(=O)NCCN1CCN(C(=O)OC(C)(C)C)CC1. The van der Waals surface area contributed by atoms with Crippen molar-refractivity contribution in [1.29, 1.82) is 0 Å². The van der Waals surface area contributed by atoms with Crippen LogP contribution in [0.4, 0.5) is 4.79 Å². The minimum Gasteiger partial charge on any atom is -0.444 e. The van der Waals surface area contributed by atoms with Gasteiger partial charge in [0, 0.05) is 45.7 Å². The molecule has 2 rings (SSSR count). The number of carbonyl (C=O) groups excluding carboxylic acids is 2. The van der Waals surface area contributed by atoms with Gasteiger partial charge >= 0.3 is 6.09 Å². The van der Waals surface area contributed by atoms with Crippen LogP contribution in [0.25, 0.3) is 0 Å². The predicted molar refractivity (Wildman–Crippen MR) is 112 cm³/mol. The normalized spacial score (nSPS) is 15.8. The van der Waals surface area contributed by atoms with Crippen LogP contribution in [0.3, 0.4) is 0 Å². The number of thiazole rings is 1. The van der Waals surface area contributed by atoms with Crippen molar-refractivity contribution in [3.63, 3.8) is 0 Å². The Hall–Kier alpha value is -1.67. The first kappa shape index (κ1) is 22.6. The molecule has 2 amide bonds. The van der Waals surface area contributed by atoms with Crippen LogP contribution in [0.5, 0.6) is 0 Å². The van der Waals surface area contributed by atoms with E-state index in [1.807, 2.05) is 27.7 Å². The highest BCUT2D eigenvalue weighted by molar-refractivity contribution is 7.13. The second-order valence-electron chi connectivity index (χ2n) is 8.69. The summed E-state index contributed by atoms with van der Waals surface area (Å²) < 4.78 is 5.42. The number of ether oxygens (including phenoxy) is 1. The van der Waals surface area contributed by atoms with Crippen LogP contribution < -0.4 is 5.32 Å². The van der Waals surface area contributed by atoms with Crippen molar-refractivity contribution in [2.75, 3.05) is 39.3 Å². The molecule has 0 unspecified atom stereocenters. The maximum absolute atomic E-state index is 12.5. The second-order valence-corrected chi connectivity index (χ2v) is 9.77. The molecule has 0 atom stereocenters. The van der Waals surface area contributed by atoms with Crippen molar-refractivity contribution in [2.24, 2.45) is 5.92 Å². The fourth-order valence-corrected chi connectivity index (χ4v) is 4.18. The Morgan fingerprint density at radius 2 is 1.86 bits per heavy atom. The van der Waals surface area contributed by atoms with E-state index < -0.39 is 5.60 Å². The average Bonchev–Trinajstić information content (AvgIpc) is 2.93. The molecule has 1 aliphatic rings. The molecule has 1 N–H and O–H groups in total. The maximum atomic E-state index is 12.5. The molecule has 1 fully saturated rings. The zero-order chi connectivity index (χ0) is 20.9. The summed E-state index contributed by atoms with van der Waals surface area (Å²) in [6, 6.07) is 0. The van der Waals surface area contributed by atoms with Crippen LogP contribution in [0, 0.1) is 12.8 Å². The second kappa shape index (κ2) is 9.69. The smallest absolute Gasteiger partial charge is 0.410 e. The summed E-state index contributed by atoms with van der Waals surface area (Å²) in [6.07, 6.45) is 0.652. The van der Waals surface area contributed by atoms with Gasteiger partial charge in [-0.25, -0.2) is 9.78 Å². The summed E-state index contributed by atoms with van der Waals surface area (Å²) in [5.74, 6) is 0.484. The molecule has 8 heteroatoms. The molecule has 1 saturated heterocycles. The first-order valence-corrected chi connectivity index (χ1v) is 10.8. The van der Waals surface area contributed by atoms with Gasteiger partial charge in [-0.3, -0.25) is 9.69 Å². The number of hydrogen-bond donors (Lipinski definition) is 1. The topological polar surface area (TPSA) is 74.8 Å². The Balaban J connectivity index is 1.72. The van der Waals surface area contributed by atoms with Crippen LogP contribution in [0.1, 0.15) is 55.0 Å². The number of aromatic nitrogens is 1. The average molecular weight is 411 g/mol. The molecular formula is C20H34N4O3S. The lowest BCUT2D eigenvalue weighted by Gasteiger charge is -2.35. The van der Waals surface area contributed by atoms with Gasteiger partial charge in [0.1, 0.15) is 10.5 Å². The number of nitrogens with one attached hydrogen (secondary N) is 1. The Morgan fingerprint density at radius 1 is 1.21 bits per heavy atom. The number of amides is 2. The van der Waals surface area contributed by atoms with Gasteiger partial charge in [0.05, 0.1) is 10.7 Å². The van der Waals surface area contributed by atoms with Gasteiger partial charge in [0.15, 0.2) is 0 Å². The first-order valence-electron chi connectivity index (χ1n) is 10.00. The number of piperazine rings is 1. The number of carbonyl (C=O) groups is 2. The molecule has 1 aliphatic heterocycles. The molecule has 28 heavy (non-hydrogen) atoms. The van der Waals surface area contributed by atoms with E-state index in [0.29, 0.717) is 30.4 Å². The van der Waals surface area contributed by atoms with Crippen molar-refractivity contribution in [2.45, 2.75) is 53.6 Å². The summed E-state index contributed by atoms with van der Waals surface area (Å²) in [5, 5.41) is 4.03. The van der Waals surface area contributed by atoms with Crippen molar-refractivity contribution < 1.29 is 14.3 Å². The lowest BCUT2D eigenvalue weighted by atomic mass is 10.1. The highest BCUT2D eigenvalue weighted by Crippen LogP contribution is 2.20. The molecule has 0 spiro atoms. The van der Waals surface area contributed by atoms with Gasteiger partial charge < -0.3 is 15.0 Å². The zero-order valence-electron chi connectivity index (χ0n) is 18.0. The van der Waals surface area contributed by atoms with E-state index in [1.54, 1.807) is 4.90 Å². The molecule has 0 aromatic carbocycles. The fraction of sp³-hybridized carbons (Fsp3) is 0.750. The standard InChI is InChI=1S/C20H34N4O3S/c1-14(2)13-16-22-15(3)17(28-16)18(25)21-7-8-23-9-11-24(12-10-23)19(26)27-20(4,5)6/h14H,7-13H2,1-6H3,(H,21,25). The lowest BCUT2D eigenvalue weighted by Crippen LogP contribution is -2.51. The van der Waals surface area contributed by atoms with Crippen LogP contribution in [0.2, 0.25) is 0 Å². The van der Waals surface area contributed by atoms with Gasteiger partial charge in [0.25, 0.3) is 5.91 Å². The number of hydrogen-bond acceptors (Lipinski definition) is 6.